The molecule has 7 atom stereocenters. The average Bonchev–Trinajstić information content (AvgIpc) is 3.65. The molecule has 4 saturated heterocycles. The zero-order valence-electron chi connectivity index (χ0n) is 25.2. The molecule has 5 aliphatic rings. The fourth-order valence-corrected chi connectivity index (χ4v) is 8.63. The van der Waals surface area contributed by atoms with Gasteiger partial charge in [0, 0.05) is 48.1 Å². The quantitative estimate of drug-likeness (QED) is 0.503. The number of carbonyl (C=O) groups is 3. The molecular formula is C32H43N5O5. The lowest BCUT2D eigenvalue weighted by atomic mass is 9.72. The molecule has 10 heteroatoms. The number of benzene rings is 1. The smallest absolute Gasteiger partial charge is 0.281 e. The number of carbonyl (C=O) groups excluding carboxylic acids is 3. The van der Waals surface area contributed by atoms with Crippen LogP contribution in [0.15, 0.2) is 24.4 Å². The van der Waals surface area contributed by atoms with Crippen molar-refractivity contribution in [2.45, 2.75) is 95.5 Å². The summed E-state index contributed by atoms with van der Waals surface area (Å²) in [6.07, 6.45) is 5.36. The second kappa shape index (κ2) is 9.53. The van der Waals surface area contributed by atoms with Gasteiger partial charge in [0.25, 0.3) is 11.8 Å². The number of piperidine rings is 1. The Kier molecular flexibility index (Phi) is 6.32. The molecule has 4 aliphatic heterocycles. The van der Waals surface area contributed by atoms with E-state index in [0.717, 1.165) is 18.4 Å². The Morgan fingerprint density at radius 2 is 2.02 bits per heavy atom. The number of nitrogens with one attached hydrogen (secondary N) is 2. The molecule has 10 nitrogen and oxygen atoms in total. The van der Waals surface area contributed by atoms with Gasteiger partial charge in [-0.15, -0.1) is 0 Å². The van der Waals surface area contributed by atoms with Crippen molar-refractivity contribution in [1.82, 2.24) is 25.0 Å². The van der Waals surface area contributed by atoms with Crippen LogP contribution in [0.2, 0.25) is 0 Å². The summed E-state index contributed by atoms with van der Waals surface area (Å²) in [4.78, 5) is 50.8. The van der Waals surface area contributed by atoms with E-state index < -0.39 is 35.5 Å². The number of H-pyrrole nitrogens is 1. The summed E-state index contributed by atoms with van der Waals surface area (Å²) >= 11 is 0. The molecule has 2 aromatic rings. The Hall–Kier alpha value is -2.95. The van der Waals surface area contributed by atoms with Gasteiger partial charge in [-0.25, -0.2) is 0 Å². The Morgan fingerprint density at radius 1 is 1.24 bits per heavy atom. The van der Waals surface area contributed by atoms with Crippen molar-refractivity contribution >= 4 is 28.6 Å². The van der Waals surface area contributed by atoms with Gasteiger partial charge in [0.15, 0.2) is 0 Å². The van der Waals surface area contributed by atoms with E-state index in [1.54, 1.807) is 4.90 Å². The minimum atomic E-state index is -1.99. The molecule has 3 amide bonds. The molecule has 0 saturated carbocycles. The van der Waals surface area contributed by atoms with Crippen molar-refractivity contribution in [3.8, 4) is 0 Å². The van der Waals surface area contributed by atoms with Crippen molar-refractivity contribution in [3.63, 3.8) is 0 Å². The maximum atomic E-state index is 14.4. The van der Waals surface area contributed by atoms with Gasteiger partial charge in [0.1, 0.15) is 12.1 Å². The van der Waals surface area contributed by atoms with E-state index in [1.165, 1.54) is 21.4 Å². The van der Waals surface area contributed by atoms with Crippen molar-refractivity contribution in [1.29, 1.82) is 0 Å². The number of aliphatic hydroxyl groups is 1. The van der Waals surface area contributed by atoms with Crippen LogP contribution in [0, 0.1) is 17.8 Å². The maximum Gasteiger partial charge on any atom is 0.281 e. The Balaban J connectivity index is 1.20. The van der Waals surface area contributed by atoms with Crippen LogP contribution in [-0.4, -0.2) is 92.4 Å². The first-order chi connectivity index (χ1) is 20.0. The number of ether oxygens (including phenoxy) is 1. The van der Waals surface area contributed by atoms with Crippen molar-refractivity contribution in [2.75, 3.05) is 20.1 Å². The third-order valence-electron chi connectivity index (χ3n) is 10.7. The van der Waals surface area contributed by atoms with Gasteiger partial charge in [-0.1, -0.05) is 39.8 Å². The summed E-state index contributed by atoms with van der Waals surface area (Å²) in [7, 11) is 2.07. The SMILES string of the molecule is CC(C)CC1C(=O)N2CCCC2[C@]2(O)O[C@](NC(=O)C3CC4c5cccc6[nH]cc(c56)CC4N(C)C3)(C(C)C)C(=O)N12. The second-order valence-electron chi connectivity index (χ2n) is 14.0. The highest BCUT2D eigenvalue weighted by atomic mass is 16.7. The molecule has 0 spiro atoms. The van der Waals surface area contributed by atoms with Gasteiger partial charge in [-0.2, -0.15) is 0 Å². The van der Waals surface area contributed by atoms with E-state index >= 15 is 0 Å². The Bertz CT molecular complexity index is 1450. The summed E-state index contributed by atoms with van der Waals surface area (Å²) in [6, 6.07) is 5.13. The number of hydrogen-bond donors (Lipinski definition) is 3. The molecule has 226 valence electrons. The lowest BCUT2D eigenvalue weighted by molar-refractivity contribution is -0.322. The largest absolute Gasteiger partial charge is 0.361 e. The first-order valence-electron chi connectivity index (χ1n) is 15.6. The number of aromatic amines is 1. The second-order valence-corrected chi connectivity index (χ2v) is 14.0. The normalized spacial score (nSPS) is 36.1. The maximum absolute atomic E-state index is 14.4. The highest BCUT2D eigenvalue weighted by Crippen LogP contribution is 2.49. The summed E-state index contributed by atoms with van der Waals surface area (Å²) in [6.45, 7) is 8.73. The number of likely N-dealkylation sites (N-methyl/N-ethyl adjacent to an activating group) is 1. The van der Waals surface area contributed by atoms with Gasteiger partial charge >= 0.3 is 0 Å². The molecule has 7 rings (SSSR count). The van der Waals surface area contributed by atoms with Crippen molar-refractivity contribution in [2.24, 2.45) is 17.8 Å². The summed E-state index contributed by atoms with van der Waals surface area (Å²) in [5.41, 5.74) is 1.93. The monoisotopic (exact) mass is 577 g/mol. The number of nitrogens with zero attached hydrogens (tertiary/aromatic N) is 3. The highest BCUT2D eigenvalue weighted by Gasteiger charge is 2.72. The van der Waals surface area contributed by atoms with E-state index in [-0.39, 0.29) is 35.6 Å². The zero-order valence-corrected chi connectivity index (χ0v) is 25.2. The summed E-state index contributed by atoms with van der Waals surface area (Å²) < 4.78 is 6.45. The molecule has 1 aliphatic carbocycles. The van der Waals surface area contributed by atoms with Crippen molar-refractivity contribution < 1.29 is 24.2 Å². The van der Waals surface area contributed by atoms with Gasteiger partial charge in [-0.3, -0.25) is 24.0 Å². The van der Waals surface area contributed by atoms with Crippen LogP contribution >= 0.6 is 0 Å². The lowest BCUT2D eigenvalue weighted by Crippen LogP contribution is -2.71. The molecule has 3 N–H and O–H groups in total. The van der Waals surface area contributed by atoms with E-state index in [9.17, 15) is 19.5 Å². The number of fused-ring (bicyclic) bond motifs is 5. The van der Waals surface area contributed by atoms with Gasteiger partial charge in [0.05, 0.1) is 5.92 Å². The third-order valence-corrected chi connectivity index (χ3v) is 10.7. The van der Waals surface area contributed by atoms with E-state index in [2.05, 4.69) is 46.6 Å². The minimum absolute atomic E-state index is 0.116. The van der Waals surface area contributed by atoms with E-state index in [4.69, 9.17) is 4.74 Å². The first-order valence-corrected chi connectivity index (χ1v) is 15.6. The molecule has 1 aromatic heterocycles. The summed E-state index contributed by atoms with van der Waals surface area (Å²) in [5, 5.41) is 16.4. The van der Waals surface area contributed by atoms with Crippen LogP contribution < -0.4 is 5.32 Å². The fraction of sp³-hybridized carbons (Fsp3) is 0.656. The predicted molar refractivity (Wildman–Crippen MR) is 156 cm³/mol. The van der Waals surface area contributed by atoms with Crippen LogP contribution in [-0.2, 0) is 25.5 Å². The summed E-state index contributed by atoms with van der Waals surface area (Å²) in [5.74, 6) is -3.48. The fourth-order valence-electron chi connectivity index (χ4n) is 8.63. The molecular weight excluding hydrogens is 534 g/mol. The average molecular weight is 578 g/mol. The zero-order chi connectivity index (χ0) is 29.7. The predicted octanol–water partition coefficient (Wildman–Crippen LogP) is 2.52. The van der Waals surface area contributed by atoms with Crippen LogP contribution in [0.25, 0.3) is 10.9 Å². The number of rotatable bonds is 5. The minimum Gasteiger partial charge on any atom is -0.361 e. The molecule has 1 aromatic carbocycles. The molecule has 0 radical (unpaired) electrons. The molecule has 0 bridgehead atoms. The topological polar surface area (TPSA) is 118 Å². The standard InChI is InChI=1S/C32H43N5O5/c1-17(2)12-25-29(39)36-11-7-10-26(36)32(41)37(25)30(40)31(42-32,18(3)4)34-28(38)20-13-22-21-8-6-9-23-27(21)19(15-33-23)14-24(22)35(5)16-20/h6,8-9,15,17-18,20,22,24-26,33,41H,7,10-14,16H2,1-5H3,(H,34,38)/t20?,22?,24?,25?,26?,31-,32+/m1/s1. The van der Waals surface area contributed by atoms with Crippen LogP contribution in [0.4, 0.5) is 0 Å². The van der Waals surface area contributed by atoms with Crippen LogP contribution in [0.5, 0.6) is 0 Å². The van der Waals surface area contributed by atoms with Gasteiger partial charge in [-0.05, 0) is 62.3 Å². The number of piperazine rings is 1. The molecule has 5 unspecified atom stereocenters. The van der Waals surface area contributed by atoms with Gasteiger partial charge < -0.3 is 25.2 Å². The Labute approximate surface area is 246 Å². The molecule has 42 heavy (non-hydrogen) atoms. The molecule has 4 fully saturated rings. The van der Waals surface area contributed by atoms with E-state index in [1.807, 2.05) is 27.7 Å². The van der Waals surface area contributed by atoms with Crippen LogP contribution in [0.3, 0.4) is 0 Å². The number of aromatic nitrogens is 1. The van der Waals surface area contributed by atoms with Crippen molar-refractivity contribution in [3.05, 3.63) is 35.5 Å². The number of likely N-dealkylation sites (tertiary alicyclic amines) is 1. The highest BCUT2D eigenvalue weighted by molar-refractivity contribution is 5.97. The third kappa shape index (κ3) is 3.77. The van der Waals surface area contributed by atoms with E-state index in [0.29, 0.717) is 32.4 Å². The van der Waals surface area contributed by atoms with Gasteiger partial charge in [0.2, 0.25) is 17.5 Å². The lowest BCUT2D eigenvalue weighted by Gasteiger charge is -2.49. The number of amides is 3. The first kappa shape index (κ1) is 27.9. The number of hydrogen-bond acceptors (Lipinski definition) is 6. The molecule has 5 heterocycles. The Morgan fingerprint density at radius 3 is 2.76 bits per heavy atom. The van der Waals surface area contributed by atoms with Crippen LogP contribution in [0.1, 0.15) is 70.4 Å².